The molecule has 1 aromatic heterocycles. The Morgan fingerprint density at radius 3 is 2.85 bits per heavy atom. The fourth-order valence-electron chi connectivity index (χ4n) is 2.61. The molecule has 0 spiro atoms. The van der Waals surface area contributed by atoms with E-state index < -0.39 is 10.0 Å². The molecule has 1 atom stereocenters. The summed E-state index contributed by atoms with van der Waals surface area (Å²) in [5.74, 6) is 0.528. The minimum atomic E-state index is -3.26. The van der Waals surface area contributed by atoms with Gasteiger partial charge in [-0.15, -0.1) is 11.3 Å². The van der Waals surface area contributed by atoms with Crippen LogP contribution in [0, 0.1) is 5.92 Å². The van der Waals surface area contributed by atoms with Crippen LogP contribution in [0.3, 0.4) is 0 Å². The van der Waals surface area contributed by atoms with Crippen LogP contribution in [0.1, 0.15) is 38.2 Å². The summed E-state index contributed by atoms with van der Waals surface area (Å²) in [5.41, 5.74) is 1.09. The normalized spacial score (nSPS) is 24.4. The quantitative estimate of drug-likeness (QED) is 0.877. The predicted molar refractivity (Wildman–Crippen MR) is 81.3 cm³/mol. The predicted octanol–water partition coefficient (Wildman–Crippen LogP) is 2.42. The first-order valence-electron chi connectivity index (χ1n) is 7.40. The van der Waals surface area contributed by atoms with Gasteiger partial charge in [0.2, 0.25) is 0 Å². The molecule has 0 bridgehead atoms. The lowest BCUT2D eigenvalue weighted by Crippen LogP contribution is -2.28. The average Bonchev–Trinajstić information content (AvgIpc) is 2.96. The van der Waals surface area contributed by atoms with E-state index >= 15 is 0 Å². The molecule has 3 rings (SSSR count). The van der Waals surface area contributed by atoms with Crippen molar-refractivity contribution in [1.82, 2.24) is 9.62 Å². The summed E-state index contributed by atoms with van der Waals surface area (Å²) >= 11 is 1.35. The van der Waals surface area contributed by atoms with Gasteiger partial charge in [-0.05, 0) is 42.2 Å². The van der Waals surface area contributed by atoms with Crippen LogP contribution in [-0.4, -0.2) is 31.9 Å². The van der Waals surface area contributed by atoms with Crippen LogP contribution in [0.25, 0.3) is 0 Å². The maximum absolute atomic E-state index is 12.6. The van der Waals surface area contributed by atoms with Gasteiger partial charge in [0.15, 0.2) is 0 Å². The van der Waals surface area contributed by atoms with E-state index in [0.29, 0.717) is 29.3 Å². The van der Waals surface area contributed by atoms with Gasteiger partial charge in [0.25, 0.3) is 10.0 Å². The minimum Gasteiger partial charge on any atom is -0.310 e. The first-order valence-corrected chi connectivity index (χ1v) is 9.72. The number of hydrogen-bond acceptors (Lipinski definition) is 4. The van der Waals surface area contributed by atoms with Crippen molar-refractivity contribution < 1.29 is 8.42 Å². The molecule has 4 nitrogen and oxygen atoms in total. The molecule has 1 aromatic rings. The molecule has 1 aliphatic heterocycles. The first-order chi connectivity index (χ1) is 9.59. The number of nitrogens with zero attached hydrogens (tertiary/aromatic N) is 1. The van der Waals surface area contributed by atoms with E-state index in [1.54, 1.807) is 4.31 Å². The fraction of sp³-hybridized carbons (Fsp3) is 0.714. The van der Waals surface area contributed by atoms with Crippen LogP contribution < -0.4 is 5.32 Å². The molecule has 1 N–H and O–H groups in total. The van der Waals surface area contributed by atoms with Crippen molar-refractivity contribution in [3.63, 3.8) is 0 Å². The van der Waals surface area contributed by atoms with E-state index in [1.807, 2.05) is 11.4 Å². The average molecular weight is 314 g/mol. The second-order valence-electron chi connectivity index (χ2n) is 5.86. The van der Waals surface area contributed by atoms with Gasteiger partial charge in [-0.2, -0.15) is 4.31 Å². The third-order valence-electron chi connectivity index (χ3n) is 4.22. The van der Waals surface area contributed by atoms with E-state index in [-0.39, 0.29) is 0 Å². The van der Waals surface area contributed by atoms with Gasteiger partial charge in [0, 0.05) is 25.7 Å². The van der Waals surface area contributed by atoms with Gasteiger partial charge in [-0.1, -0.05) is 13.3 Å². The van der Waals surface area contributed by atoms with Crippen molar-refractivity contribution >= 4 is 21.4 Å². The molecule has 112 valence electrons. The van der Waals surface area contributed by atoms with E-state index in [1.165, 1.54) is 24.2 Å². The maximum Gasteiger partial charge on any atom is 0.252 e. The molecule has 0 radical (unpaired) electrons. The molecule has 1 unspecified atom stereocenters. The highest BCUT2D eigenvalue weighted by atomic mass is 32.2. The monoisotopic (exact) mass is 314 g/mol. The summed E-state index contributed by atoms with van der Waals surface area (Å²) < 4.78 is 27.3. The second kappa shape index (κ2) is 5.75. The standard InChI is InChI=1S/C14H22N2O2S2/c1-2-11-5-6-16(9-11)20(17,18)14-7-12(10-19-14)8-15-13-3-4-13/h7,10-11,13,15H,2-6,8-9H2,1H3. The Labute approximate surface area is 125 Å². The Hall–Kier alpha value is -0.430. The number of nitrogens with one attached hydrogen (secondary N) is 1. The Bertz CT molecular complexity index is 563. The van der Waals surface area contributed by atoms with Crippen LogP contribution in [0.15, 0.2) is 15.7 Å². The Kier molecular flexibility index (Phi) is 4.17. The van der Waals surface area contributed by atoms with Crippen molar-refractivity contribution in [3.05, 3.63) is 17.0 Å². The zero-order chi connectivity index (χ0) is 14.2. The molecule has 2 heterocycles. The molecule has 2 fully saturated rings. The Morgan fingerprint density at radius 1 is 1.40 bits per heavy atom. The molecule has 1 saturated carbocycles. The highest BCUT2D eigenvalue weighted by molar-refractivity contribution is 7.91. The molecule has 1 saturated heterocycles. The lowest BCUT2D eigenvalue weighted by atomic mass is 10.1. The topological polar surface area (TPSA) is 49.4 Å². The van der Waals surface area contributed by atoms with Crippen LogP contribution in [0.5, 0.6) is 0 Å². The number of rotatable bonds is 6. The van der Waals surface area contributed by atoms with Gasteiger partial charge in [-0.25, -0.2) is 8.42 Å². The number of thiophene rings is 1. The smallest absolute Gasteiger partial charge is 0.252 e. The van der Waals surface area contributed by atoms with Crippen LogP contribution >= 0.6 is 11.3 Å². The van der Waals surface area contributed by atoms with Crippen LogP contribution in [0.2, 0.25) is 0 Å². The second-order valence-corrected chi connectivity index (χ2v) is 8.93. The summed E-state index contributed by atoms with van der Waals surface area (Å²) in [4.78, 5) is 0. The molecule has 20 heavy (non-hydrogen) atoms. The highest BCUT2D eigenvalue weighted by Gasteiger charge is 2.32. The van der Waals surface area contributed by atoms with E-state index in [2.05, 4.69) is 12.2 Å². The van der Waals surface area contributed by atoms with Crippen molar-refractivity contribution in [2.45, 2.75) is 49.4 Å². The van der Waals surface area contributed by atoms with Gasteiger partial charge in [0.1, 0.15) is 4.21 Å². The molecular formula is C14H22N2O2S2. The zero-order valence-electron chi connectivity index (χ0n) is 11.8. The highest BCUT2D eigenvalue weighted by Crippen LogP contribution is 2.29. The molecule has 0 amide bonds. The maximum atomic E-state index is 12.6. The lowest BCUT2D eigenvalue weighted by Gasteiger charge is -2.14. The van der Waals surface area contributed by atoms with Crippen LogP contribution in [-0.2, 0) is 16.6 Å². The molecule has 2 aliphatic rings. The van der Waals surface area contributed by atoms with Gasteiger partial charge in [0.05, 0.1) is 0 Å². The lowest BCUT2D eigenvalue weighted by molar-refractivity contribution is 0.454. The third-order valence-corrected chi connectivity index (χ3v) is 7.55. The van der Waals surface area contributed by atoms with Gasteiger partial charge >= 0.3 is 0 Å². The molecule has 6 heteroatoms. The third kappa shape index (κ3) is 3.08. The fourth-order valence-corrected chi connectivity index (χ4v) is 5.50. The van der Waals surface area contributed by atoms with Crippen molar-refractivity contribution in [1.29, 1.82) is 0 Å². The van der Waals surface area contributed by atoms with E-state index in [9.17, 15) is 8.42 Å². The van der Waals surface area contributed by atoms with E-state index in [4.69, 9.17) is 0 Å². The van der Waals surface area contributed by atoms with Crippen molar-refractivity contribution in [3.8, 4) is 0 Å². The zero-order valence-corrected chi connectivity index (χ0v) is 13.5. The summed E-state index contributed by atoms with van der Waals surface area (Å²) in [7, 11) is -3.26. The van der Waals surface area contributed by atoms with Crippen LogP contribution in [0.4, 0.5) is 0 Å². The van der Waals surface area contributed by atoms with Gasteiger partial charge < -0.3 is 5.32 Å². The molecule has 0 aromatic carbocycles. The Morgan fingerprint density at radius 2 is 2.20 bits per heavy atom. The summed E-state index contributed by atoms with van der Waals surface area (Å²) in [6.07, 6.45) is 4.56. The van der Waals surface area contributed by atoms with Crippen molar-refractivity contribution in [2.75, 3.05) is 13.1 Å². The largest absolute Gasteiger partial charge is 0.310 e. The molecular weight excluding hydrogens is 292 g/mol. The number of hydrogen-bond donors (Lipinski definition) is 1. The van der Waals surface area contributed by atoms with Crippen molar-refractivity contribution in [2.24, 2.45) is 5.92 Å². The summed E-state index contributed by atoms with van der Waals surface area (Å²) in [6.45, 7) is 4.28. The number of sulfonamides is 1. The summed E-state index contributed by atoms with van der Waals surface area (Å²) in [5, 5.41) is 5.39. The van der Waals surface area contributed by atoms with E-state index in [0.717, 1.165) is 24.9 Å². The molecule has 1 aliphatic carbocycles. The van der Waals surface area contributed by atoms with Gasteiger partial charge in [-0.3, -0.25) is 0 Å². The summed E-state index contributed by atoms with van der Waals surface area (Å²) in [6, 6.07) is 2.49. The minimum absolute atomic E-state index is 0.502. The Balaban J connectivity index is 1.67. The first kappa shape index (κ1) is 14.5. The SMILES string of the molecule is CCC1CCN(S(=O)(=O)c2cc(CNC3CC3)cs2)C1.